The van der Waals surface area contributed by atoms with Gasteiger partial charge in [-0.15, -0.1) is 11.3 Å². The highest BCUT2D eigenvalue weighted by Gasteiger charge is 2.25. The van der Waals surface area contributed by atoms with Gasteiger partial charge in [0, 0.05) is 6.54 Å². The standard InChI is InChI=1S/C12H18N2O4S2/c1-14-5-2-9(3-6-14)8-13-20(17,18)10-4-7-19-11(10)12(15)16/h4,7,9,13H,2-3,5-6,8H2,1H3,(H,15,16). The molecule has 0 radical (unpaired) electrons. The van der Waals surface area contributed by atoms with Crippen LogP contribution in [0.25, 0.3) is 0 Å². The fourth-order valence-corrected chi connectivity index (χ4v) is 4.61. The first-order chi connectivity index (χ1) is 9.40. The zero-order chi connectivity index (χ0) is 14.8. The summed E-state index contributed by atoms with van der Waals surface area (Å²) in [6.07, 6.45) is 1.91. The van der Waals surface area contributed by atoms with Gasteiger partial charge in [-0.3, -0.25) is 0 Å². The van der Waals surface area contributed by atoms with E-state index in [1.165, 1.54) is 11.4 Å². The fourth-order valence-electron chi connectivity index (χ4n) is 2.24. The molecule has 112 valence electrons. The van der Waals surface area contributed by atoms with Crippen LogP contribution < -0.4 is 4.72 Å². The van der Waals surface area contributed by atoms with E-state index in [1.807, 2.05) is 7.05 Å². The van der Waals surface area contributed by atoms with Gasteiger partial charge in [0.05, 0.1) is 0 Å². The molecular formula is C12H18N2O4S2. The van der Waals surface area contributed by atoms with Gasteiger partial charge in [0.1, 0.15) is 9.77 Å². The van der Waals surface area contributed by atoms with Gasteiger partial charge in [-0.05, 0) is 50.3 Å². The number of aromatic carboxylic acids is 1. The zero-order valence-electron chi connectivity index (χ0n) is 11.2. The number of piperidine rings is 1. The highest BCUT2D eigenvalue weighted by atomic mass is 32.2. The summed E-state index contributed by atoms with van der Waals surface area (Å²) in [5, 5.41) is 10.5. The molecule has 1 fully saturated rings. The number of carboxylic acid groups (broad SMARTS) is 1. The highest BCUT2D eigenvalue weighted by molar-refractivity contribution is 7.89. The second-order valence-corrected chi connectivity index (χ2v) is 7.67. The Morgan fingerprint density at radius 1 is 1.50 bits per heavy atom. The average molecular weight is 318 g/mol. The lowest BCUT2D eigenvalue weighted by Crippen LogP contribution is -2.37. The maximum atomic E-state index is 12.1. The molecule has 1 aromatic rings. The SMILES string of the molecule is CN1CCC(CNS(=O)(=O)c2ccsc2C(=O)O)CC1. The van der Waals surface area contributed by atoms with E-state index in [1.54, 1.807) is 0 Å². The first-order valence-corrected chi connectivity index (χ1v) is 8.75. The summed E-state index contributed by atoms with van der Waals surface area (Å²) in [7, 11) is -1.69. The summed E-state index contributed by atoms with van der Waals surface area (Å²) in [6, 6.07) is 1.34. The number of carboxylic acids is 1. The third-order valence-corrected chi connectivity index (χ3v) is 6.01. The lowest BCUT2D eigenvalue weighted by Gasteiger charge is -2.28. The predicted octanol–water partition coefficient (Wildman–Crippen LogP) is 1.07. The van der Waals surface area contributed by atoms with Crippen molar-refractivity contribution in [3.63, 3.8) is 0 Å². The number of nitrogens with zero attached hydrogens (tertiary/aromatic N) is 1. The van der Waals surface area contributed by atoms with E-state index in [2.05, 4.69) is 9.62 Å². The molecule has 1 aliphatic heterocycles. The van der Waals surface area contributed by atoms with Gasteiger partial charge < -0.3 is 10.0 Å². The number of sulfonamides is 1. The van der Waals surface area contributed by atoms with Gasteiger partial charge in [-0.25, -0.2) is 17.9 Å². The van der Waals surface area contributed by atoms with E-state index < -0.39 is 16.0 Å². The van der Waals surface area contributed by atoms with E-state index in [0.29, 0.717) is 12.5 Å². The molecular weight excluding hydrogens is 300 g/mol. The van der Waals surface area contributed by atoms with E-state index in [0.717, 1.165) is 37.3 Å². The Labute approximate surface area is 122 Å². The van der Waals surface area contributed by atoms with Crippen molar-refractivity contribution in [1.29, 1.82) is 0 Å². The minimum Gasteiger partial charge on any atom is -0.477 e. The van der Waals surface area contributed by atoms with Crippen LogP contribution in [0.15, 0.2) is 16.3 Å². The van der Waals surface area contributed by atoms with Crippen LogP contribution in [-0.2, 0) is 10.0 Å². The van der Waals surface area contributed by atoms with Gasteiger partial charge in [0.25, 0.3) is 0 Å². The molecule has 0 aliphatic carbocycles. The first-order valence-electron chi connectivity index (χ1n) is 6.39. The number of thiophene rings is 1. The second kappa shape index (κ2) is 6.21. The van der Waals surface area contributed by atoms with Crippen molar-refractivity contribution in [1.82, 2.24) is 9.62 Å². The first kappa shape index (κ1) is 15.4. The molecule has 2 N–H and O–H groups in total. The Bertz CT molecular complexity index is 574. The quantitative estimate of drug-likeness (QED) is 0.848. The number of nitrogens with one attached hydrogen (secondary N) is 1. The summed E-state index contributed by atoms with van der Waals surface area (Å²) in [4.78, 5) is 12.9. The number of hydrogen-bond acceptors (Lipinski definition) is 5. The van der Waals surface area contributed by atoms with Crippen LogP contribution in [0.2, 0.25) is 0 Å². The van der Waals surface area contributed by atoms with Crippen LogP contribution in [0, 0.1) is 5.92 Å². The molecule has 0 unspecified atom stereocenters. The minimum absolute atomic E-state index is 0.136. The Morgan fingerprint density at radius 3 is 2.75 bits per heavy atom. The van der Waals surface area contributed by atoms with Crippen LogP contribution in [-0.4, -0.2) is 51.1 Å². The Kier molecular flexibility index (Phi) is 4.79. The van der Waals surface area contributed by atoms with Gasteiger partial charge in [-0.1, -0.05) is 0 Å². The summed E-state index contributed by atoms with van der Waals surface area (Å²) >= 11 is 0.921. The van der Waals surface area contributed by atoms with Gasteiger partial charge in [0.2, 0.25) is 10.0 Å². The van der Waals surface area contributed by atoms with Gasteiger partial charge >= 0.3 is 5.97 Å². The van der Waals surface area contributed by atoms with Crippen LogP contribution in [0.3, 0.4) is 0 Å². The number of likely N-dealkylation sites (tertiary alicyclic amines) is 1. The topological polar surface area (TPSA) is 86.7 Å². The van der Waals surface area contributed by atoms with Crippen LogP contribution in [0.1, 0.15) is 22.5 Å². The van der Waals surface area contributed by atoms with Crippen LogP contribution >= 0.6 is 11.3 Å². The monoisotopic (exact) mass is 318 g/mol. The molecule has 0 aromatic carbocycles. The number of hydrogen-bond donors (Lipinski definition) is 2. The van der Waals surface area contributed by atoms with E-state index >= 15 is 0 Å². The van der Waals surface area contributed by atoms with E-state index in [-0.39, 0.29) is 9.77 Å². The van der Waals surface area contributed by atoms with Crippen molar-refractivity contribution >= 4 is 27.3 Å². The summed E-state index contributed by atoms with van der Waals surface area (Å²) in [6.45, 7) is 2.29. The maximum Gasteiger partial charge on any atom is 0.347 e. The molecule has 1 aromatic heterocycles. The summed E-state index contributed by atoms with van der Waals surface area (Å²) < 4.78 is 26.8. The summed E-state index contributed by atoms with van der Waals surface area (Å²) in [5.74, 6) is -0.896. The molecule has 2 heterocycles. The highest BCUT2D eigenvalue weighted by Crippen LogP contribution is 2.22. The van der Waals surface area contributed by atoms with E-state index in [4.69, 9.17) is 5.11 Å². The molecule has 0 atom stereocenters. The largest absolute Gasteiger partial charge is 0.477 e. The third kappa shape index (κ3) is 3.57. The molecule has 2 rings (SSSR count). The van der Waals surface area contributed by atoms with Crippen LogP contribution in [0.5, 0.6) is 0 Å². The van der Waals surface area contributed by atoms with Crippen LogP contribution in [0.4, 0.5) is 0 Å². The van der Waals surface area contributed by atoms with Crippen molar-refractivity contribution in [2.75, 3.05) is 26.7 Å². The Balaban J connectivity index is 2.01. The zero-order valence-corrected chi connectivity index (χ0v) is 12.8. The third-order valence-electron chi connectivity index (χ3n) is 3.51. The fraction of sp³-hybridized carbons (Fsp3) is 0.583. The average Bonchev–Trinajstić information content (AvgIpc) is 2.88. The van der Waals surface area contributed by atoms with Crippen molar-refractivity contribution in [3.8, 4) is 0 Å². The molecule has 1 aliphatic rings. The Morgan fingerprint density at radius 2 is 2.15 bits per heavy atom. The van der Waals surface area contributed by atoms with Crippen molar-refractivity contribution < 1.29 is 18.3 Å². The van der Waals surface area contributed by atoms with Crippen molar-refractivity contribution in [3.05, 3.63) is 16.3 Å². The molecule has 0 spiro atoms. The van der Waals surface area contributed by atoms with E-state index in [9.17, 15) is 13.2 Å². The normalized spacial score (nSPS) is 18.2. The lowest BCUT2D eigenvalue weighted by molar-refractivity contribution is 0.0698. The molecule has 1 saturated heterocycles. The number of rotatable bonds is 5. The molecule has 0 bridgehead atoms. The number of carbonyl (C=O) groups is 1. The molecule has 6 nitrogen and oxygen atoms in total. The molecule has 0 saturated carbocycles. The lowest BCUT2D eigenvalue weighted by atomic mass is 9.98. The van der Waals surface area contributed by atoms with Gasteiger partial charge in [-0.2, -0.15) is 0 Å². The molecule has 8 heteroatoms. The maximum absolute atomic E-state index is 12.1. The molecule has 0 amide bonds. The minimum atomic E-state index is -3.74. The predicted molar refractivity (Wildman–Crippen MR) is 76.7 cm³/mol. The van der Waals surface area contributed by atoms with Crippen molar-refractivity contribution in [2.45, 2.75) is 17.7 Å². The molecule has 20 heavy (non-hydrogen) atoms. The van der Waals surface area contributed by atoms with Crippen molar-refractivity contribution in [2.24, 2.45) is 5.92 Å². The second-order valence-electron chi connectivity index (χ2n) is 5.02. The summed E-state index contributed by atoms with van der Waals surface area (Å²) in [5.41, 5.74) is 0. The Hall–Kier alpha value is -0.960. The smallest absolute Gasteiger partial charge is 0.347 e. The van der Waals surface area contributed by atoms with Gasteiger partial charge in [0.15, 0.2) is 0 Å².